The minimum Gasteiger partial charge on any atom is -0.493 e. The second-order valence-electron chi connectivity index (χ2n) is 8.87. The van der Waals surface area contributed by atoms with Crippen LogP contribution >= 0.6 is 0 Å². The smallest absolute Gasteiger partial charge is 0.417 e. The zero-order valence-electron chi connectivity index (χ0n) is 20.9. The van der Waals surface area contributed by atoms with Crippen LogP contribution in [-0.4, -0.2) is 20.8 Å². The fourth-order valence-corrected chi connectivity index (χ4v) is 4.43. The molecule has 0 aliphatic carbocycles. The Labute approximate surface area is 207 Å². The summed E-state index contributed by atoms with van der Waals surface area (Å²) in [5, 5.41) is 9.93. The number of alkyl halides is 3. The van der Waals surface area contributed by atoms with Gasteiger partial charge in [-0.05, 0) is 43.7 Å². The number of aromatic nitrogens is 2. The van der Waals surface area contributed by atoms with Crippen molar-refractivity contribution in [2.45, 2.75) is 85.0 Å². The van der Waals surface area contributed by atoms with Gasteiger partial charge >= 0.3 is 17.5 Å². The van der Waals surface area contributed by atoms with Gasteiger partial charge in [0.25, 0.3) is 0 Å². The summed E-state index contributed by atoms with van der Waals surface area (Å²) >= 11 is 0. The molecule has 198 valence electrons. The van der Waals surface area contributed by atoms with Crippen LogP contribution in [0.1, 0.15) is 69.6 Å². The number of nitrogens with zero attached hydrogens (tertiary/aromatic N) is 2. The molecule has 0 saturated carbocycles. The standard InChI is InChI=1S/C26H33F3N2O5/c1-4-9-17-14-19-20(26(27,28)29)15-22(33)36-24(19)18(10-5-2)23(17)35-13-8-7-12-31-21(32)16-30(11-6-3)25(31)34/h14-16,32H,4-13H2,1-3H3. The molecule has 0 unspecified atom stereocenters. The lowest BCUT2D eigenvalue weighted by molar-refractivity contribution is -0.136. The fraction of sp³-hybridized carbons (Fsp3) is 0.538. The molecule has 7 nitrogen and oxygen atoms in total. The van der Waals surface area contributed by atoms with Gasteiger partial charge in [-0.15, -0.1) is 0 Å². The van der Waals surface area contributed by atoms with Crippen LogP contribution in [-0.2, 0) is 32.1 Å². The zero-order chi connectivity index (χ0) is 26.5. The Kier molecular flexibility index (Phi) is 8.92. The summed E-state index contributed by atoms with van der Waals surface area (Å²) in [7, 11) is 0. The minimum atomic E-state index is -4.69. The highest BCUT2D eigenvalue weighted by Gasteiger charge is 2.35. The van der Waals surface area contributed by atoms with Crippen LogP contribution in [0.25, 0.3) is 11.0 Å². The van der Waals surface area contributed by atoms with E-state index in [1.54, 1.807) is 0 Å². The molecule has 1 aromatic carbocycles. The third kappa shape index (κ3) is 5.96. The van der Waals surface area contributed by atoms with Crippen molar-refractivity contribution in [3.63, 3.8) is 0 Å². The minimum absolute atomic E-state index is 0.0831. The van der Waals surface area contributed by atoms with Crippen molar-refractivity contribution in [2.75, 3.05) is 6.61 Å². The van der Waals surface area contributed by atoms with E-state index in [1.807, 2.05) is 20.8 Å². The van der Waals surface area contributed by atoms with Crippen molar-refractivity contribution in [1.29, 1.82) is 0 Å². The molecule has 0 fully saturated rings. The number of benzene rings is 1. The van der Waals surface area contributed by atoms with E-state index in [0.29, 0.717) is 74.6 Å². The molecular formula is C26H33F3N2O5. The number of fused-ring (bicyclic) bond motifs is 1. The van der Waals surface area contributed by atoms with Crippen LogP contribution in [0.4, 0.5) is 13.2 Å². The number of unbranched alkanes of at least 4 members (excludes halogenated alkanes) is 1. The van der Waals surface area contributed by atoms with Crippen LogP contribution < -0.4 is 16.1 Å². The zero-order valence-corrected chi connectivity index (χ0v) is 20.9. The maximum atomic E-state index is 13.7. The van der Waals surface area contributed by atoms with E-state index < -0.39 is 17.4 Å². The van der Waals surface area contributed by atoms with E-state index in [4.69, 9.17) is 9.15 Å². The molecule has 36 heavy (non-hydrogen) atoms. The van der Waals surface area contributed by atoms with Crippen molar-refractivity contribution < 1.29 is 27.4 Å². The van der Waals surface area contributed by atoms with Crippen LogP contribution in [0, 0.1) is 0 Å². The normalized spacial score (nSPS) is 11.9. The lowest BCUT2D eigenvalue weighted by Crippen LogP contribution is -2.24. The lowest BCUT2D eigenvalue weighted by Gasteiger charge is -2.19. The van der Waals surface area contributed by atoms with Crippen molar-refractivity contribution >= 4 is 11.0 Å². The van der Waals surface area contributed by atoms with Gasteiger partial charge < -0.3 is 14.3 Å². The maximum Gasteiger partial charge on any atom is 0.417 e. The lowest BCUT2D eigenvalue weighted by atomic mass is 9.96. The van der Waals surface area contributed by atoms with Gasteiger partial charge in [-0.2, -0.15) is 13.2 Å². The highest BCUT2D eigenvalue weighted by Crippen LogP contribution is 2.40. The van der Waals surface area contributed by atoms with Crippen molar-refractivity contribution in [1.82, 2.24) is 9.13 Å². The van der Waals surface area contributed by atoms with E-state index in [-0.39, 0.29) is 29.1 Å². The number of hydrogen-bond acceptors (Lipinski definition) is 5. The third-order valence-corrected chi connectivity index (χ3v) is 5.99. The molecule has 0 bridgehead atoms. The van der Waals surface area contributed by atoms with Gasteiger partial charge in [-0.1, -0.05) is 33.6 Å². The molecule has 0 aliphatic rings. The first kappa shape index (κ1) is 27.4. The molecule has 0 aliphatic heterocycles. The molecule has 0 radical (unpaired) electrons. The Hall–Kier alpha value is -3.17. The molecule has 3 rings (SSSR count). The molecular weight excluding hydrogens is 477 g/mol. The van der Waals surface area contributed by atoms with E-state index in [0.717, 1.165) is 6.42 Å². The summed E-state index contributed by atoms with van der Waals surface area (Å²) in [6.45, 7) is 6.86. The summed E-state index contributed by atoms with van der Waals surface area (Å²) in [5.41, 5.74) is -1.31. The largest absolute Gasteiger partial charge is 0.493 e. The van der Waals surface area contributed by atoms with Gasteiger partial charge in [0.1, 0.15) is 11.3 Å². The molecule has 1 N–H and O–H groups in total. The number of ether oxygens (including phenoxy) is 1. The van der Waals surface area contributed by atoms with Crippen LogP contribution in [0.5, 0.6) is 11.6 Å². The Morgan fingerprint density at radius 2 is 1.72 bits per heavy atom. The third-order valence-electron chi connectivity index (χ3n) is 5.99. The molecule has 2 aromatic heterocycles. The molecule has 10 heteroatoms. The van der Waals surface area contributed by atoms with E-state index >= 15 is 0 Å². The van der Waals surface area contributed by atoms with Crippen molar-refractivity contribution in [2.24, 2.45) is 0 Å². The summed E-state index contributed by atoms with van der Waals surface area (Å²) in [4.78, 5) is 24.4. The molecule has 0 amide bonds. The van der Waals surface area contributed by atoms with Gasteiger partial charge in [0, 0.05) is 30.1 Å². The van der Waals surface area contributed by atoms with Gasteiger partial charge in [-0.25, -0.2) is 9.59 Å². The number of halogens is 3. The number of rotatable bonds is 12. The van der Waals surface area contributed by atoms with Crippen LogP contribution in [0.15, 0.2) is 32.3 Å². The quantitative estimate of drug-likeness (QED) is 0.251. The van der Waals surface area contributed by atoms with Crippen LogP contribution in [0.3, 0.4) is 0 Å². The maximum absolute atomic E-state index is 13.7. The molecule has 2 heterocycles. The first-order valence-electron chi connectivity index (χ1n) is 12.4. The Morgan fingerprint density at radius 1 is 1.00 bits per heavy atom. The van der Waals surface area contributed by atoms with Gasteiger partial charge in [-0.3, -0.25) is 9.13 Å². The Morgan fingerprint density at radius 3 is 2.36 bits per heavy atom. The highest BCUT2D eigenvalue weighted by molar-refractivity contribution is 5.87. The summed E-state index contributed by atoms with van der Waals surface area (Å²) in [6.07, 6.45) is 0.823. The fourth-order valence-electron chi connectivity index (χ4n) is 4.43. The van der Waals surface area contributed by atoms with Crippen molar-refractivity contribution in [3.8, 4) is 11.6 Å². The van der Waals surface area contributed by atoms with E-state index in [1.165, 1.54) is 21.4 Å². The van der Waals surface area contributed by atoms with Gasteiger partial charge in [0.05, 0.1) is 18.4 Å². The van der Waals surface area contributed by atoms with E-state index in [9.17, 15) is 27.9 Å². The first-order chi connectivity index (χ1) is 17.1. The van der Waals surface area contributed by atoms with Gasteiger partial charge in [0.2, 0.25) is 5.88 Å². The average Bonchev–Trinajstić information content (AvgIpc) is 3.07. The molecule has 0 atom stereocenters. The second-order valence-corrected chi connectivity index (χ2v) is 8.87. The number of imidazole rings is 1. The van der Waals surface area contributed by atoms with E-state index in [2.05, 4.69) is 0 Å². The topological polar surface area (TPSA) is 86.6 Å². The molecule has 0 spiro atoms. The summed E-state index contributed by atoms with van der Waals surface area (Å²) < 4.78 is 55.3. The molecule has 0 saturated heterocycles. The predicted octanol–water partition coefficient (Wildman–Crippen LogP) is 5.65. The molecule has 3 aromatic rings. The monoisotopic (exact) mass is 510 g/mol. The average molecular weight is 511 g/mol. The van der Waals surface area contributed by atoms with Crippen LogP contribution in [0.2, 0.25) is 0 Å². The SMILES string of the molecule is CCCc1cc2c(C(F)(F)F)cc(=O)oc2c(CCC)c1OCCCCn1c(O)cn(CCC)c1=O. The number of aromatic hydroxyl groups is 1. The predicted molar refractivity (Wildman–Crippen MR) is 131 cm³/mol. The first-order valence-corrected chi connectivity index (χ1v) is 12.4. The van der Waals surface area contributed by atoms with Gasteiger partial charge in [0.15, 0.2) is 0 Å². The Bertz CT molecular complexity index is 1300. The summed E-state index contributed by atoms with van der Waals surface area (Å²) in [6, 6.07) is 1.92. The second kappa shape index (κ2) is 11.7. The summed E-state index contributed by atoms with van der Waals surface area (Å²) in [5.74, 6) is 0.373. The Balaban J connectivity index is 1.87. The number of aryl methyl sites for hydroxylation is 3. The van der Waals surface area contributed by atoms with Crippen molar-refractivity contribution in [3.05, 3.63) is 55.9 Å². The highest BCUT2D eigenvalue weighted by atomic mass is 19.4. The number of hydrogen-bond donors (Lipinski definition) is 1.